The number of hydrogen-bond acceptors (Lipinski definition) is 4. The van der Waals surface area contributed by atoms with E-state index < -0.39 is 24.3 Å². The van der Waals surface area contributed by atoms with E-state index in [4.69, 9.17) is 16.3 Å². The molecule has 1 heterocycles. The second-order valence-electron chi connectivity index (χ2n) is 5.32. The first kappa shape index (κ1) is 17.4. The van der Waals surface area contributed by atoms with Gasteiger partial charge in [0.15, 0.2) is 6.61 Å². The number of esters is 1. The first-order valence-electron chi connectivity index (χ1n) is 7.36. The van der Waals surface area contributed by atoms with Crippen LogP contribution in [-0.2, 0) is 9.53 Å². The van der Waals surface area contributed by atoms with Crippen LogP contribution in [0.25, 0.3) is 10.1 Å². The van der Waals surface area contributed by atoms with Crippen LogP contribution in [0.2, 0.25) is 5.02 Å². The first-order chi connectivity index (χ1) is 12.0. The Morgan fingerprint density at radius 1 is 1.24 bits per heavy atom. The number of thiophene rings is 1. The van der Waals surface area contributed by atoms with Gasteiger partial charge in [-0.15, -0.1) is 11.3 Å². The van der Waals surface area contributed by atoms with Crippen molar-refractivity contribution in [2.24, 2.45) is 0 Å². The Morgan fingerprint density at radius 3 is 2.76 bits per heavy atom. The van der Waals surface area contributed by atoms with E-state index in [1.165, 1.54) is 23.5 Å². The monoisotopic (exact) mass is 377 g/mol. The zero-order chi connectivity index (χ0) is 18.0. The van der Waals surface area contributed by atoms with Gasteiger partial charge in [-0.3, -0.25) is 4.79 Å². The van der Waals surface area contributed by atoms with Crippen LogP contribution in [0.1, 0.15) is 15.2 Å². The van der Waals surface area contributed by atoms with Crippen molar-refractivity contribution in [3.63, 3.8) is 0 Å². The standard InChI is InChI=1S/C18H13ClFNO3S/c1-10-6-7-11(20)8-13(10)21-15(22)9-24-18(23)17-16(19)12-4-2-3-5-14(12)25-17/h2-8H,9H2,1H3,(H,21,22). The Morgan fingerprint density at radius 2 is 2.00 bits per heavy atom. The van der Waals surface area contributed by atoms with Crippen molar-refractivity contribution < 1.29 is 18.7 Å². The number of amides is 1. The molecule has 0 saturated heterocycles. The van der Waals surface area contributed by atoms with Gasteiger partial charge in [-0.05, 0) is 30.7 Å². The molecule has 0 unspecified atom stereocenters. The molecule has 1 amide bonds. The van der Waals surface area contributed by atoms with E-state index in [-0.39, 0.29) is 4.88 Å². The van der Waals surface area contributed by atoms with Crippen molar-refractivity contribution in [2.75, 3.05) is 11.9 Å². The van der Waals surface area contributed by atoms with Crippen molar-refractivity contribution >= 4 is 50.6 Å². The molecular formula is C18H13ClFNO3S. The second-order valence-corrected chi connectivity index (χ2v) is 6.76. The molecule has 1 aromatic heterocycles. The third-order valence-electron chi connectivity index (χ3n) is 3.53. The molecule has 0 atom stereocenters. The van der Waals surface area contributed by atoms with Crippen molar-refractivity contribution in [2.45, 2.75) is 6.92 Å². The molecule has 2 aromatic carbocycles. The van der Waals surface area contributed by atoms with Crippen LogP contribution in [0, 0.1) is 12.7 Å². The minimum absolute atomic E-state index is 0.248. The number of carbonyl (C=O) groups is 2. The minimum Gasteiger partial charge on any atom is -0.451 e. The molecule has 7 heteroatoms. The van der Waals surface area contributed by atoms with Crippen LogP contribution in [0.4, 0.5) is 10.1 Å². The van der Waals surface area contributed by atoms with E-state index in [0.29, 0.717) is 16.3 Å². The number of anilines is 1. The summed E-state index contributed by atoms with van der Waals surface area (Å²) in [6, 6.07) is 11.4. The smallest absolute Gasteiger partial charge is 0.350 e. The van der Waals surface area contributed by atoms with Crippen molar-refractivity contribution in [3.8, 4) is 0 Å². The Hall–Kier alpha value is -2.44. The van der Waals surface area contributed by atoms with Gasteiger partial charge in [-0.1, -0.05) is 35.9 Å². The molecule has 0 saturated carbocycles. The fourth-order valence-corrected chi connectivity index (χ4v) is 3.66. The van der Waals surface area contributed by atoms with Crippen LogP contribution in [0.5, 0.6) is 0 Å². The Labute approximate surface area is 152 Å². The number of halogens is 2. The highest BCUT2D eigenvalue weighted by molar-refractivity contribution is 7.21. The van der Waals surface area contributed by atoms with Gasteiger partial charge < -0.3 is 10.1 Å². The lowest BCUT2D eigenvalue weighted by Crippen LogP contribution is -2.21. The molecule has 3 aromatic rings. The van der Waals surface area contributed by atoms with E-state index in [0.717, 1.165) is 10.1 Å². The lowest BCUT2D eigenvalue weighted by molar-refractivity contribution is -0.119. The number of fused-ring (bicyclic) bond motifs is 1. The van der Waals surface area contributed by atoms with Crippen LogP contribution in [0.3, 0.4) is 0 Å². The predicted octanol–water partition coefficient (Wildman–Crippen LogP) is 4.80. The topological polar surface area (TPSA) is 55.4 Å². The number of aryl methyl sites for hydroxylation is 1. The molecule has 0 spiro atoms. The molecule has 0 radical (unpaired) electrons. The molecule has 0 aliphatic rings. The lowest BCUT2D eigenvalue weighted by atomic mass is 10.2. The van der Waals surface area contributed by atoms with E-state index in [9.17, 15) is 14.0 Å². The van der Waals surface area contributed by atoms with Crippen LogP contribution >= 0.6 is 22.9 Å². The average Bonchev–Trinajstić information content (AvgIpc) is 2.93. The maximum atomic E-state index is 13.2. The van der Waals surface area contributed by atoms with Crippen LogP contribution in [0.15, 0.2) is 42.5 Å². The molecule has 1 N–H and O–H groups in total. The zero-order valence-electron chi connectivity index (χ0n) is 13.1. The summed E-state index contributed by atoms with van der Waals surface area (Å²) in [4.78, 5) is 24.4. The second kappa shape index (κ2) is 7.21. The van der Waals surface area contributed by atoms with Gasteiger partial charge in [0.05, 0.1) is 5.02 Å². The number of benzene rings is 2. The molecule has 3 rings (SSSR count). The Bertz CT molecular complexity index is 970. The van der Waals surface area contributed by atoms with Crippen molar-refractivity contribution in [3.05, 3.63) is 63.7 Å². The van der Waals surface area contributed by atoms with E-state index in [1.54, 1.807) is 13.0 Å². The van der Waals surface area contributed by atoms with Gasteiger partial charge in [0.2, 0.25) is 0 Å². The van der Waals surface area contributed by atoms with Gasteiger partial charge in [0, 0.05) is 15.8 Å². The maximum Gasteiger partial charge on any atom is 0.350 e. The fraction of sp³-hybridized carbons (Fsp3) is 0.111. The summed E-state index contributed by atoms with van der Waals surface area (Å²) in [6.07, 6.45) is 0. The summed E-state index contributed by atoms with van der Waals surface area (Å²) in [5, 5.41) is 3.59. The molecule has 128 valence electrons. The first-order valence-corrected chi connectivity index (χ1v) is 8.55. The SMILES string of the molecule is Cc1ccc(F)cc1NC(=O)COC(=O)c1sc2ccccc2c1Cl. The molecule has 0 fully saturated rings. The minimum atomic E-state index is -0.669. The number of rotatable bonds is 4. The molecule has 0 aliphatic heterocycles. The molecule has 4 nitrogen and oxygen atoms in total. The summed E-state index contributed by atoms with van der Waals surface area (Å²) in [6.45, 7) is 1.25. The van der Waals surface area contributed by atoms with Crippen LogP contribution in [-0.4, -0.2) is 18.5 Å². The zero-order valence-corrected chi connectivity index (χ0v) is 14.7. The van der Waals surface area contributed by atoms with E-state index in [1.807, 2.05) is 24.3 Å². The van der Waals surface area contributed by atoms with Gasteiger partial charge >= 0.3 is 5.97 Å². The summed E-state index contributed by atoms with van der Waals surface area (Å²) in [7, 11) is 0. The summed E-state index contributed by atoms with van der Waals surface area (Å²) < 4.78 is 19.1. The van der Waals surface area contributed by atoms with E-state index in [2.05, 4.69) is 5.32 Å². The fourth-order valence-electron chi connectivity index (χ4n) is 2.26. The molecule has 25 heavy (non-hydrogen) atoms. The predicted molar refractivity (Wildman–Crippen MR) is 96.9 cm³/mol. The number of hydrogen-bond donors (Lipinski definition) is 1. The van der Waals surface area contributed by atoms with Gasteiger partial charge in [-0.2, -0.15) is 0 Å². The average molecular weight is 378 g/mol. The normalized spacial score (nSPS) is 10.7. The summed E-state index contributed by atoms with van der Waals surface area (Å²) in [5.74, 6) is -1.69. The molecule has 0 aliphatic carbocycles. The highest BCUT2D eigenvalue weighted by Gasteiger charge is 2.19. The third kappa shape index (κ3) is 3.81. The quantitative estimate of drug-likeness (QED) is 0.664. The third-order valence-corrected chi connectivity index (χ3v) is 5.18. The maximum absolute atomic E-state index is 13.2. The van der Waals surface area contributed by atoms with E-state index >= 15 is 0 Å². The number of ether oxygens (including phenoxy) is 1. The van der Waals surface area contributed by atoms with Gasteiger partial charge in [0.1, 0.15) is 10.7 Å². The van der Waals surface area contributed by atoms with Crippen LogP contribution < -0.4 is 5.32 Å². The molecular weight excluding hydrogens is 365 g/mol. The highest BCUT2D eigenvalue weighted by atomic mass is 35.5. The van der Waals surface area contributed by atoms with Crippen molar-refractivity contribution in [1.29, 1.82) is 0 Å². The highest BCUT2D eigenvalue weighted by Crippen LogP contribution is 2.35. The van der Waals surface area contributed by atoms with Gasteiger partial charge in [0.25, 0.3) is 5.91 Å². The van der Waals surface area contributed by atoms with Crippen molar-refractivity contribution in [1.82, 2.24) is 0 Å². The number of carbonyl (C=O) groups excluding carboxylic acids is 2. The Kier molecular flexibility index (Phi) is 5.01. The largest absolute Gasteiger partial charge is 0.451 e. The number of nitrogens with one attached hydrogen (secondary N) is 1. The summed E-state index contributed by atoms with van der Waals surface area (Å²) in [5.41, 5.74) is 1.04. The summed E-state index contributed by atoms with van der Waals surface area (Å²) >= 11 is 7.41. The molecule has 0 bridgehead atoms. The lowest BCUT2D eigenvalue weighted by Gasteiger charge is -2.08. The van der Waals surface area contributed by atoms with Gasteiger partial charge in [-0.25, -0.2) is 9.18 Å². The Balaban J connectivity index is 1.66.